The second-order valence-electron chi connectivity index (χ2n) is 8.71. The van der Waals surface area contributed by atoms with Gasteiger partial charge < -0.3 is 0 Å². The molecule has 0 aliphatic carbocycles. The number of rotatable bonds is 7. The van der Waals surface area contributed by atoms with E-state index >= 15 is 0 Å². The number of carbonyl (C=O) groups excluding carboxylic acids is 1. The van der Waals surface area contributed by atoms with Crippen molar-refractivity contribution in [3.05, 3.63) is 120 Å². The molecule has 0 N–H and O–H groups in total. The smallest absolute Gasteiger partial charge is 0.137 e. The van der Waals surface area contributed by atoms with Crippen molar-refractivity contribution in [2.24, 2.45) is 0 Å². The van der Waals surface area contributed by atoms with Crippen LogP contribution in [0.2, 0.25) is 0 Å². The van der Waals surface area contributed by atoms with Gasteiger partial charge in [0.25, 0.3) is 0 Å². The van der Waals surface area contributed by atoms with Crippen LogP contribution in [0.3, 0.4) is 0 Å². The summed E-state index contributed by atoms with van der Waals surface area (Å²) in [6, 6.07) is 36.5. The van der Waals surface area contributed by atoms with Crippen molar-refractivity contribution in [3.8, 4) is 22.5 Å². The third kappa shape index (κ3) is 4.79. The van der Waals surface area contributed by atoms with E-state index in [1.807, 2.05) is 72.8 Å². The molecule has 0 radical (unpaired) electrons. The van der Waals surface area contributed by atoms with E-state index in [1.165, 1.54) is 5.56 Å². The predicted octanol–water partition coefficient (Wildman–Crippen LogP) is 7.27. The summed E-state index contributed by atoms with van der Waals surface area (Å²) >= 11 is 0. The van der Waals surface area contributed by atoms with Gasteiger partial charge in [-0.2, -0.15) is 0 Å². The van der Waals surface area contributed by atoms with Crippen LogP contribution in [0.15, 0.2) is 109 Å². The van der Waals surface area contributed by atoms with Gasteiger partial charge in [-0.3, -0.25) is 4.79 Å². The molecule has 1 heterocycles. The summed E-state index contributed by atoms with van der Waals surface area (Å²) in [4.78, 5) is 22.8. The number of hydrogen-bond donors (Lipinski definition) is 0. The van der Waals surface area contributed by atoms with Crippen LogP contribution in [0.25, 0.3) is 33.5 Å². The second-order valence-corrected chi connectivity index (χ2v) is 8.71. The fourth-order valence-corrected chi connectivity index (χ4v) is 4.35. The third-order valence-electron chi connectivity index (χ3n) is 6.13. The molecule has 0 aliphatic rings. The number of Topliss-reactive ketones (excluding diaryl/α,β-unsaturated/α-hetero) is 1. The Hall–Kier alpha value is -4.11. The SMILES string of the molecule is C[C@@H](CC(=O)Cc1ccc2nc(-c3ccccc3)c(-c3ccccc3)nc2c1)c1ccccc1. The minimum absolute atomic E-state index is 0.201. The van der Waals surface area contributed by atoms with Gasteiger partial charge in [0.05, 0.1) is 22.4 Å². The quantitative estimate of drug-likeness (QED) is 0.266. The van der Waals surface area contributed by atoms with Crippen LogP contribution in [0, 0.1) is 0 Å². The van der Waals surface area contributed by atoms with E-state index in [4.69, 9.17) is 9.97 Å². The molecule has 5 aromatic rings. The van der Waals surface area contributed by atoms with Crippen molar-refractivity contribution in [1.29, 1.82) is 0 Å². The van der Waals surface area contributed by atoms with Crippen molar-refractivity contribution in [1.82, 2.24) is 9.97 Å². The van der Waals surface area contributed by atoms with Crippen molar-refractivity contribution < 1.29 is 4.79 Å². The monoisotopic (exact) mass is 442 g/mol. The van der Waals surface area contributed by atoms with E-state index < -0.39 is 0 Å². The highest BCUT2D eigenvalue weighted by molar-refractivity contribution is 5.88. The Balaban J connectivity index is 1.46. The average Bonchev–Trinajstić information content (AvgIpc) is 2.89. The van der Waals surface area contributed by atoms with Crippen LogP contribution in [-0.2, 0) is 11.2 Å². The van der Waals surface area contributed by atoms with Crippen molar-refractivity contribution in [3.63, 3.8) is 0 Å². The number of aromatic nitrogens is 2. The average molecular weight is 443 g/mol. The Labute approximate surface area is 200 Å². The summed E-state index contributed by atoms with van der Waals surface area (Å²) in [5, 5.41) is 0. The topological polar surface area (TPSA) is 42.9 Å². The van der Waals surface area contributed by atoms with Gasteiger partial charge in [-0.25, -0.2) is 9.97 Å². The zero-order valence-electron chi connectivity index (χ0n) is 19.2. The fourth-order valence-electron chi connectivity index (χ4n) is 4.35. The summed E-state index contributed by atoms with van der Waals surface area (Å²) in [6.07, 6.45) is 0.922. The molecule has 0 fully saturated rings. The Bertz CT molecular complexity index is 1410. The molecule has 166 valence electrons. The van der Waals surface area contributed by atoms with Crippen LogP contribution in [-0.4, -0.2) is 15.8 Å². The van der Waals surface area contributed by atoms with E-state index in [0.29, 0.717) is 12.8 Å². The second kappa shape index (κ2) is 9.80. The van der Waals surface area contributed by atoms with Gasteiger partial charge in [0.1, 0.15) is 5.78 Å². The van der Waals surface area contributed by atoms with Crippen molar-refractivity contribution in [2.45, 2.75) is 25.7 Å². The molecule has 0 saturated heterocycles. The van der Waals surface area contributed by atoms with Gasteiger partial charge in [-0.05, 0) is 29.2 Å². The molecule has 0 aliphatic heterocycles. The molecule has 0 spiro atoms. The Morgan fingerprint density at radius 2 is 1.21 bits per heavy atom. The fraction of sp³-hybridized carbons (Fsp3) is 0.129. The minimum atomic E-state index is 0.201. The molecule has 3 nitrogen and oxygen atoms in total. The molecule has 0 amide bonds. The highest BCUT2D eigenvalue weighted by Crippen LogP contribution is 2.31. The summed E-state index contributed by atoms with van der Waals surface area (Å²) in [7, 11) is 0. The third-order valence-corrected chi connectivity index (χ3v) is 6.13. The predicted molar refractivity (Wildman–Crippen MR) is 139 cm³/mol. The zero-order chi connectivity index (χ0) is 23.3. The number of nitrogens with zero attached hydrogens (tertiary/aromatic N) is 2. The molecular weight excluding hydrogens is 416 g/mol. The summed E-state index contributed by atoms with van der Waals surface area (Å²) in [5.41, 5.74) is 7.56. The van der Waals surface area contributed by atoms with Crippen LogP contribution in [0.5, 0.6) is 0 Å². The van der Waals surface area contributed by atoms with Crippen LogP contribution >= 0.6 is 0 Å². The molecule has 1 atom stereocenters. The Morgan fingerprint density at radius 3 is 1.79 bits per heavy atom. The summed E-state index contributed by atoms with van der Waals surface area (Å²) < 4.78 is 0. The molecule has 0 saturated carbocycles. The van der Waals surface area contributed by atoms with E-state index in [2.05, 4.69) is 43.3 Å². The van der Waals surface area contributed by atoms with Crippen LogP contribution in [0.1, 0.15) is 30.4 Å². The van der Waals surface area contributed by atoms with Crippen molar-refractivity contribution >= 4 is 16.8 Å². The maximum atomic E-state index is 12.8. The molecule has 4 aromatic carbocycles. The lowest BCUT2D eigenvalue weighted by atomic mass is 9.93. The van der Waals surface area contributed by atoms with Crippen LogP contribution < -0.4 is 0 Å². The lowest BCUT2D eigenvalue weighted by molar-refractivity contribution is -0.118. The maximum absolute atomic E-state index is 12.8. The van der Waals surface area contributed by atoms with Gasteiger partial charge >= 0.3 is 0 Å². The van der Waals surface area contributed by atoms with Gasteiger partial charge in [-0.1, -0.05) is 104 Å². The first-order valence-electron chi connectivity index (χ1n) is 11.7. The highest BCUT2D eigenvalue weighted by Gasteiger charge is 2.15. The normalized spacial score (nSPS) is 11.9. The Morgan fingerprint density at radius 1 is 0.676 bits per heavy atom. The zero-order valence-corrected chi connectivity index (χ0v) is 19.2. The molecule has 1 aromatic heterocycles. The first-order valence-corrected chi connectivity index (χ1v) is 11.7. The first-order chi connectivity index (χ1) is 16.7. The summed E-state index contributed by atoms with van der Waals surface area (Å²) in [6.45, 7) is 2.11. The van der Waals surface area contributed by atoms with E-state index in [1.54, 1.807) is 0 Å². The van der Waals surface area contributed by atoms with E-state index in [0.717, 1.165) is 39.1 Å². The van der Waals surface area contributed by atoms with Gasteiger partial charge in [0.15, 0.2) is 0 Å². The van der Waals surface area contributed by atoms with Crippen molar-refractivity contribution in [2.75, 3.05) is 0 Å². The number of carbonyl (C=O) groups is 1. The summed E-state index contributed by atoms with van der Waals surface area (Å²) in [5.74, 6) is 0.430. The molecule has 0 bridgehead atoms. The first kappa shape index (κ1) is 21.7. The van der Waals surface area contributed by atoms with Gasteiger partial charge in [0, 0.05) is 24.0 Å². The molecule has 0 unspecified atom stereocenters. The van der Waals surface area contributed by atoms with E-state index in [-0.39, 0.29) is 11.7 Å². The molecule has 3 heteroatoms. The number of benzene rings is 4. The van der Waals surface area contributed by atoms with Gasteiger partial charge in [0.2, 0.25) is 0 Å². The standard InChI is InChI=1S/C31H26N2O/c1-22(24-11-5-2-6-12-24)19-27(34)20-23-17-18-28-29(21-23)33-31(26-15-9-4-10-16-26)30(32-28)25-13-7-3-8-14-25/h2-18,21-22H,19-20H2,1H3/t22-/m0/s1. The minimum Gasteiger partial charge on any atom is -0.299 e. The number of ketones is 1. The Kier molecular flexibility index (Phi) is 6.26. The molecular formula is C31H26N2O. The van der Waals surface area contributed by atoms with Crippen LogP contribution in [0.4, 0.5) is 0 Å². The lowest BCUT2D eigenvalue weighted by Crippen LogP contribution is -2.07. The van der Waals surface area contributed by atoms with E-state index in [9.17, 15) is 4.79 Å². The number of hydrogen-bond acceptors (Lipinski definition) is 3. The lowest BCUT2D eigenvalue weighted by Gasteiger charge is -2.12. The molecule has 5 rings (SSSR count). The number of fused-ring (bicyclic) bond motifs is 1. The molecule has 34 heavy (non-hydrogen) atoms. The van der Waals surface area contributed by atoms with Gasteiger partial charge in [-0.15, -0.1) is 0 Å². The highest BCUT2D eigenvalue weighted by atomic mass is 16.1. The largest absolute Gasteiger partial charge is 0.299 e. The maximum Gasteiger partial charge on any atom is 0.137 e.